The Kier molecular flexibility index (Phi) is 3.40. The van der Waals surface area contributed by atoms with Gasteiger partial charge in [0.25, 0.3) is 5.69 Å². The average molecular weight is 287 g/mol. The molecule has 1 fully saturated rings. The summed E-state index contributed by atoms with van der Waals surface area (Å²) in [4.78, 5) is 10.4. The second kappa shape index (κ2) is 4.80. The summed E-state index contributed by atoms with van der Waals surface area (Å²) in [5.74, 6) is 0. The van der Waals surface area contributed by atoms with Crippen LogP contribution >= 0.6 is 15.9 Å². The van der Waals surface area contributed by atoms with Crippen LogP contribution in [0.5, 0.6) is 0 Å². The molecule has 0 aromatic heterocycles. The largest absolute Gasteiger partial charge is 0.379 e. The van der Waals surface area contributed by atoms with Crippen molar-refractivity contribution in [1.29, 1.82) is 0 Å². The Morgan fingerprint density at radius 1 is 1.56 bits per heavy atom. The van der Waals surface area contributed by atoms with Gasteiger partial charge in [0, 0.05) is 17.1 Å². The minimum absolute atomic E-state index is 0.0927. The molecular weight excluding hydrogens is 276 g/mol. The number of nitro groups is 1. The highest BCUT2D eigenvalue weighted by molar-refractivity contribution is 9.10. The molecule has 1 atom stereocenters. The van der Waals surface area contributed by atoms with Crippen LogP contribution in [0.25, 0.3) is 0 Å². The van der Waals surface area contributed by atoms with Crippen LogP contribution in [0.2, 0.25) is 0 Å². The minimum Gasteiger partial charge on any atom is -0.379 e. The van der Waals surface area contributed by atoms with Gasteiger partial charge < -0.3 is 10.1 Å². The fraction of sp³-hybridized carbons (Fsp3) is 0.400. The van der Waals surface area contributed by atoms with E-state index in [0.717, 1.165) is 10.9 Å². The molecule has 1 aliphatic rings. The zero-order valence-electron chi connectivity index (χ0n) is 8.48. The van der Waals surface area contributed by atoms with Gasteiger partial charge in [-0.3, -0.25) is 10.1 Å². The van der Waals surface area contributed by atoms with Gasteiger partial charge in [-0.25, -0.2) is 0 Å². The van der Waals surface area contributed by atoms with Crippen LogP contribution < -0.4 is 5.32 Å². The van der Waals surface area contributed by atoms with Crippen LogP contribution in [0, 0.1) is 10.1 Å². The van der Waals surface area contributed by atoms with Crippen molar-refractivity contribution in [3.8, 4) is 0 Å². The van der Waals surface area contributed by atoms with Gasteiger partial charge >= 0.3 is 0 Å². The summed E-state index contributed by atoms with van der Waals surface area (Å²) in [7, 11) is 0. The Morgan fingerprint density at radius 2 is 2.38 bits per heavy atom. The maximum Gasteiger partial charge on any atom is 0.292 e. The second-order valence-electron chi connectivity index (χ2n) is 3.62. The third-order valence-electron chi connectivity index (χ3n) is 2.44. The van der Waals surface area contributed by atoms with Crippen LogP contribution in [0.1, 0.15) is 6.42 Å². The van der Waals surface area contributed by atoms with Gasteiger partial charge in [0.2, 0.25) is 0 Å². The molecule has 1 unspecified atom stereocenters. The third-order valence-corrected chi connectivity index (χ3v) is 2.94. The predicted octanol–water partition coefficient (Wildman–Crippen LogP) is 2.56. The Bertz CT molecular complexity index is 405. The number of anilines is 1. The van der Waals surface area contributed by atoms with Gasteiger partial charge in [-0.15, -0.1) is 0 Å². The molecule has 2 rings (SSSR count). The topological polar surface area (TPSA) is 64.4 Å². The normalized spacial score (nSPS) is 19.7. The van der Waals surface area contributed by atoms with E-state index < -0.39 is 0 Å². The highest BCUT2D eigenvalue weighted by Crippen LogP contribution is 2.29. The molecule has 1 aromatic rings. The molecular formula is C10H11BrN2O3. The molecule has 6 heteroatoms. The number of nitrogens with one attached hydrogen (secondary N) is 1. The first-order chi connectivity index (χ1) is 7.66. The number of halogens is 1. The summed E-state index contributed by atoms with van der Waals surface area (Å²) in [5.41, 5.74) is 0.630. The van der Waals surface area contributed by atoms with Crippen LogP contribution in [0.3, 0.4) is 0 Å². The molecule has 0 spiro atoms. The number of nitrogens with zero attached hydrogens (tertiary/aromatic N) is 1. The van der Waals surface area contributed by atoms with Gasteiger partial charge in [0.15, 0.2) is 0 Å². The van der Waals surface area contributed by atoms with E-state index in [-0.39, 0.29) is 16.7 Å². The van der Waals surface area contributed by atoms with Crippen LogP contribution in [0.15, 0.2) is 22.7 Å². The second-order valence-corrected chi connectivity index (χ2v) is 4.54. The summed E-state index contributed by atoms with van der Waals surface area (Å²) in [6, 6.07) is 5.03. The fourth-order valence-corrected chi connectivity index (χ4v) is 2.01. The Hall–Kier alpha value is -1.14. The molecule has 1 heterocycles. The van der Waals surface area contributed by atoms with Gasteiger partial charge in [-0.2, -0.15) is 0 Å². The molecule has 1 saturated heterocycles. The van der Waals surface area contributed by atoms with Crippen molar-refractivity contribution in [3.63, 3.8) is 0 Å². The van der Waals surface area contributed by atoms with E-state index in [1.54, 1.807) is 12.1 Å². The van der Waals surface area contributed by atoms with Crippen molar-refractivity contribution >= 4 is 27.3 Å². The molecule has 0 saturated carbocycles. The number of nitro benzene ring substituents is 1. The van der Waals surface area contributed by atoms with Crippen LogP contribution in [0.4, 0.5) is 11.4 Å². The number of hydrogen-bond acceptors (Lipinski definition) is 4. The third kappa shape index (κ3) is 2.51. The molecule has 0 amide bonds. The average Bonchev–Trinajstić information content (AvgIpc) is 2.70. The monoisotopic (exact) mass is 286 g/mol. The number of rotatable bonds is 3. The lowest BCUT2D eigenvalue weighted by Gasteiger charge is -2.12. The smallest absolute Gasteiger partial charge is 0.292 e. The molecule has 1 aromatic carbocycles. The standard InChI is InChI=1S/C10H11BrN2O3/c11-7-1-2-10(13(14)15)9(5-7)12-8-3-4-16-6-8/h1-2,5,8,12H,3-4,6H2. The fourth-order valence-electron chi connectivity index (χ4n) is 1.65. The summed E-state index contributed by atoms with van der Waals surface area (Å²) in [5, 5.41) is 14.0. The SMILES string of the molecule is O=[N+]([O-])c1ccc(Br)cc1NC1CCOC1. The van der Waals surface area contributed by atoms with Gasteiger partial charge in [-0.1, -0.05) is 15.9 Å². The highest BCUT2D eigenvalue weighted by Gasteiger charge is 2.20. The predicted molar refractivity (Wildman–Crippen MR) is 63.6 cm³/mol. The van der Waals surface area contributed by atoms with E-state index in [0.29, 0.717) is 18.9 Å². The molecule has 16 heavy (non-hydrogen) atoms. The first-order valence-corrected chi connectivity index (χ1v) is 5.74. The Morgan fingerprint density at radius 3 is 3.00 bits per heavy atom. The van der Waals surface area contributed by atoms with Gasteiger partial charge in [0.1, 0.15) is 5.69 Å². The number of ether oxygens (including phenoxy) is 1. The van der Waals surface area contributed by atoms with E-state index in [1.165, 1.54) is 6.07 Å². The van der Waals surface area contributed by atoms with E-state index >= 15 is 0 Å². The number of hydrogen-bond donors (Lipinski definition) is 1. The summed E-state index contributed by atoms with van der Waals surface area (Å²) in [6.45, 7) is 1.31. The zero-order chi connectivity index (χ0) is 11.5. The Labute approximate surface area is 101 Å². The molecule has 1 N–H and O–H groups in total. The van der Waals surface area contributed by atoms with Crippen molar-refractivity contribution in [2.75, 3.05) is 18.5 Å². The molecule has 0 radical (unpaired) electrons. The van der Waals surface area contributed by atoms with Crippen LogP contribution in [-0.2, 0) is 4.74 Å². The lowest BCUT2D eigenvalue weighted by Crippen LogP contribution is -2.19. The molecule has 1 aliphatic heterocycles. The summed E-state index contributed by atoms with van der Waals surface area (Å²) in [6.07, 6.45) is 0.879. The summed E-state index contributed by atoms with van der Waals surface area (Å²) >= 11 is 3.30. The van der Waals surface area contributed by atoms with Gasteiger partial charge in [0.05, 0.1) is 17.6 Å². The maximum atomic E-state index is 10.8. The lowest BCUT2D eigenvalue weighted by atomic mass is 10.2. The first-order valence-electron chi connectivity index (χ1n) is 4.95. The van der Waals surface area contributed by atoms with Crippen molar-refractivity contribution in [2.45, 2.75) is 12.5 Å². The molecule has 0 bridgehead atoms. The van der Waals surface area contributed by atoms with E-state index in [4.69, 9.17) is 4.74 Å². The van der Waals surface area contributed by atoms with E-state index in [2.05, 4.69) is 21.2 Å². The highest BCUT2D eigenvalue weighted by atomic mass is 79.9. The van der Waals surface area contributed by atoms with E-state index in [9.17, 15) is 10.1 Å². The maximum absolute atomic E-state index is 10.8. The Balaban J connectivity index is 2.22. The van der Waals surface area contributed by atoms with E-state index in [1.807, 2.05) is 0 Å². The van der Waals surface area contributed by atoms with Crippen molar-refractivity contribution in [2.24, 2.45) is 0 Å². The molecule has 5 nitrogen and oxygen atoms in total. The molecule has 86 valence electrons. The zero-order valence-corrected chi connectivity index (χ0v) is 10.1. The summed E-state index contributed by atoms with van der Waals surface area (Å²) < 4.78 is 6.03. The van der Waals surface area contributed by atoms with Gasteiger partial charge in [-0.05, 0) is 18.6 Å². The first kappa shape index (κ1) is 11.3. The van der Waals surface area contributed by atoms with Crippen molar-refractivity contribution in [3.05, 3.63) is 32.8 Å². The van der Waals surface area contributed by atoms with Crippen molar-refractivity contribution in [1.82, 2.24) is 0 Å². The van der Waals surface area contributed by atoms with Crippen molar-refractivity contribution < 1.29 is 9.66 Å². The van der Waals surface area contributed by atoms with Crippen LogP contribution in [-0.4, -0.2) is 24.2 Å². The molecule has 0 aliphatic carbocycles. The minimum atomic E-state index is -0.384. The number of benzene rings is 1. The quantitative estimate of drug-likeness (QED) is 0.685. The lowest BCUT2D eigenvalue weighted by molar-refractivity contribution is -0.384.